The SMILES string of the molecule is C[C@H](N)c1cccc(C(F)(F)CO)c1. The molecule has 14 heavy (non-hydrogen) atoms. The van der Waals surface area contributed by atoms with E-state index in [1.165, 1.54) is 18.2 Å². The summed E-state index contributed by atoms with van der Waals surface area (Å²) in [6, 6.07) is 5.51. The predicted molar refractivity (Wildman–Crippen MR) is 50.0 cm³/mol. The van der Waals surface area contributed by atoms with Gasteiger partial charge in [0.1, 0.15) is 6.61 Å². The van der Waals surface area contributed by atoms with Gasteiger partial charge in [-0.15, -0.1) is 0 Å². The number of halogens is 2. The number of aliphatic hydroxyl groups is 1. The van der Waals surface area contributed by atoms with Crippen molar-refractivity contribution in [2.45, 2.75) is 18.9 Å². The van der Waals surface area contributed by atoms with Crippen LogP contribution in [0.5, 0.6) is 0 Å². The highest BCUT2D eigenvalue weighted by atomic mass is 19.3. The third kappa shape index (κ3) is 2.27. The summed E-state index contributed by atoms with van der Waals surface area (Å²) in [5.41, 5.74) is 6.00. The normalized spacial score (nSPS) is 14.1. The van der Waals surface area contributed by atoms with Crippen molar-refractivity contribution in [1.29, 1.82) is 0 Å². The summed E-state index contributed by atoms with van der Waals surface area (Å²) in [5.74, 6) is -3.19. The summed E-state index contributed by atoms with van der Waals surface area (Å²) >= 11 is 0. The predicted octanol–water partition coefficient (Wildman–Crippen LogP) is 1.79. The summed E-state index contributed by atoms with van der Waals surface area (Å²) < 4.78 is 26.1. The van der Waals surface area contributed by atoms with E-state index in [1.54, 1.807) is 13.0 Å². The van der Waals surface area contributed by atoms with Crippen LogP contribution in [0.25, 0.3) is 0 Å². The Hall–Kier alpha value is -1.00. The van der Waals surface area contributed by atoms with Crippen LogP contribution in [-0.2, 0) is 5.92 Å². The van der Waals surface area contributed by atoms with Crippen molar-refractivity contribution >= 4 is 0 Å². The molecule has 0 radical (unpaired) electrons. The van der Waals surface area contributed by atoms with Gasteiger partial charge >= 0.3 is 0 Å². The Bertz CT molecular complexity index is 313. The van der Waals surface area contributed by atoms with Crippen molar-refractivity contribution in [2.75, 3.05) is 6.61 Å². The Kier molecular flexibility index (Phi) is 3.18. The molecule has 4 heteroatoms. The Balaban J connectivity index is 3.05. The molecule has 3 N–H and O–H groups in total. The van der Waals surface area contributed by atoms with Crippen molar-refractivity contribution in [1.82, 2.24) is 0 Å². The summed E-state index contributed by atoms with van der Waals surface area (Å²) in [6.07, 6.45) is 0. The molecule has 0 unspecified atom stereocenters. The van der Waals surface area contributed by atoms with Crippen LogP contribution in [0.2, 0.25) is 0 Å². The molecule has 0 saturated carbocycles. The maximum absolute atomic E-state index is 13.0. The number of hydrogen-bond donors (Lipinski definition) is 2. The fourth-order valence-electron chi connectivity index (χ4n) is 1.14. The van der Waals surface area contributed by atoms with Gasteiger partial charge in [-0.1, -0.05) is 18.2 Å². The fraction of sp³-hybridized carbons (Fsp3) is 0.400. The van der Waals surface area contributed by atoms with Gasteiger partial charge in [0.2, 0.25) is 0 Å². The maximum atomic E-state index is 13.0. The van der Waals surface area contributed by atoms with Crippen molar-refractivity contribution in [3.63, 3.8) is 0 Å². The molecule has 0 aromatic heterocycles. The van der Waals surface area contributed by atoms with Crippen molar-refractivity contribution in [3.8, 4) is 0 Å². The van der Waals surface area contributed by atoms with Crippen LogP contribution in [0.3, 0.4) is 0 Å². The van der Waals surface area contributed by atoms with Gasteiger partial charge in [-0.3, -0.25) is 0 Å². The van der Waals surface area contributed by atoms with Crippen molar-refractivity contribution in [2.24, 2.45) is 5.73 Å². The van der Waals surface area contributed by atoms with E-state index >= 15 is 0 Å². The van der Waals surface area contributed by atoms with Crippen molar-refractivity contribution < 1.29 is 13.9 Å². The van der Waals surface area contributed by atoms with Gasteiger partial charge < -0.3 is 10.8 Å². The minimum atomic E-state index is -3.19. The summed E-state index contributed by atoms with van der Waals surface area (Å²) in [5, 5.41) is 8.50. The summed E-state index contributed by atoms with van der Waals surface area (Å²) in [7, 11) is 0. The van der Waals surface area contributed by atoms with Crippen LogP contribution in [0.4, 0.5) is 8.78 Å². The van der Waals surface area contributed by atoms with Crippen LogP contribution in [-0.4, -0.2) is 11.7 Å². The molecule has 0 aliphatic heterocycles. The third-order valence-corrected chi connectivity index (χ3v) is 2.03. The highest BCUT2D eigenvalue weighted by molar-refractivity contribution is 5.28. The van der Waals surface area contributed by atoms with E-state index in [1.807, 2.05) is 0 Å². The molecule has 0 fully saturated rings. The molecule has 0 bridgehead atoms. The second-order valence-corrected chi connectivity index (χ2v) is 3.28. The maximum Gasteiger partial charge on any atom is 0.295 e. The molecule has 0 aliphatic carbocycles. The second-order valence-electron chi connectivity index (χ2n) is 3.28. The van der Waals surface area contributed by atoms with E-state index in [0.717, 1.165) is 0 Å². The molecule has 0 aliphatic rings. The first-order valence-electron chi connectivity index (χ1n) is 4.32. The Morgan fingerprint density at radius 2 is 2.14 bits per heavy atom. The van der Waals surface area contributed by atoms with Gasteiger partial charge in [0.15, 0.2) is 0 Å². The highest BCUT2D eigenvalue weighted by Gasteiger charge is 2.30. The molecule has 2 nitrogen and oxygen atoms in total. The van der Waals surface area contributed by atoms with Gasteiger partial charge in [-0.2, -0.15) is 8.78 Å². The summed E-state index contributed by atoms with van der Waals surface area (Å²) in [6.45, 7) is 0.533. The lowest BCUT2D eigenvalue weighted by atomic mass is 10.0. The minimum absolute atomic E-state index is 0.199. The standard InChI is InChI=1S/C10H13F2NO/c1-7(13)8-3-2-4-9(5-8)10(11,12)6-14/h2-5,7,14H,6,13H2,1H3/t7-/m0/s1. The van der Waals surface area contributed by atoms with Crippen molar-refractivity contribution in [3.05, 3.63) is 35.4 Å². The molecular weight excluding hydrogens is 188 g/mol. The van der Waals surface area contributed by atoms with E-state index in [9.17, 15) is 8.78 Å². The molecule has 0 spiro atoms. The van der Waals surface area contributed by atoms with Crippen LogP contribution in [0.1, 0.15) is 24.1 Å². The Labute approximate surface area is 81.4 Å². The molecule has 1 aromatic carbocycles. The second kappa shape index (κ2) is 4.02. The number of rotatable bonds is 3. The number of hydrogen-bond acceptors (Lipinski definition) is 2. The average Bonchev–Trinajstić information content (AvgIpc) is 2.18. The zero-order chi connectivity index (χ0) is 10.8. The molecule has 78 valence electrons. The largest absolute Gasteiger partial charge is 0.390 e. The number of benzene rings is 1. The van der Waals surface area contributed by atoms with Crippen LogP contribution in [0.15, 0.2) is 24.3 Å². The molecule has 1 rings (SSSR count). The zero-order valence-corrected chi connectivity index (χ0v) is 7.87. The molecule has 1 aromatic rings. The molecule has 0 saturated heterocycles. The van der Waals surface area contributed by atoms with E-state index in [-0.39, 0.29) is 11.6 Å². The highest BCUT2D eigenvalue weighted by Crippen LogP contribution is 2.28. The first-order valence-corrected chi connectivity index (χ1v) is 4.32. The fourth-order valence-corrected chi connectivity index (χ4v) is 1.14. The topological polar surface area (TPSA) is 46.2 Å². The first kappa shape index (κ1) is 11.1. The lowest BCUT2D eigenvalue weighted by molar-refractivity contribution is -0.0556. The van der Waals surface area contributed by atoms with Crippen LogP contribution >= 0.6 is 0 Å². The third-order valence-electron chi connectivity index (χ3n) is 2.03. The molecule has 0 amide bonds. The number of nitrogens with two attached hydrogens (primary N) is 1. The van der Waals surface area contributed by atoms with E-state index in [4.69, 9.17) is 10.8 Å². The Morgan fingerprint density at radius 3 is 2.64 bits per heavy atom. The molecular formula is C10H13F2NO. The van der Waals surface area contributed by atoms with E-state index in [0.29, 0.717) is 5.56 Å². The number of alkyl halides is 2. The van der Waals surface area contributed by atoms with Gasteiger partial charge in [0.05, 0.1) is 0 Å². The summed E-state index contributed by atoms with van der Waals surface area (Å²) in [4.78, 5) is 0. The number of aliphatic hydroxyl groups excluding tert-OH is 1. The lowest BCUT2D eigenvalue weighted by Gasteiger charge is -2.15. The van der Waals surface area contributed by atoms with Gasteiger partial charge in [0.25, 0.3) is 5.92 Å². The van der Waals surface area contributed by atoms with Crippen LogP contribution < -0.4 is 5.73 Å². The Morgan fingerprint density at radius 1 is 1.50 bits per heavy atom. The molecule has 1 atom stereocenters. The molecule has 0 heterocycles. The monoisotopic (exact) mass is 201 g/mol. The smallest absolute Gasteiger partial charge is 0.295 e. The average molecular weight is 201 g/mol. The quantitative estimate of drug-likeness (QED) is 0.783. The van der Waals surface area contributed by atoms with Gasteiger partial charge in [-0.05, 0) is 18.6 Å². The first-order chi connectivity index (χ1) is 6.47. The zero-order valence-electron chi connectivity index (χ0n) is 7.87. The van der Waals surface area contributed by atoms with E-state index in [2.05, 4.69) is 0 Å². The lowest BCUT2D eigenvalue weighted by Crippen LogP contribution is -2.19. The van der Waals surface area contributed by atoms with Gasteiger partial charge in [-0.25, -0.2) is 0 Å². The van der Waals surface area contributed by atoms with Gasteiger partial charge in [0, 0.05) is 11.6 Å². The minimum Gasteiger partial charge on any atom is -0.390 e. The van der Waals surface area contributed by atoms with E-state index < -0.39 is 12.5 Å². The van der Waals surface area contributed by atoms with Crippen LogP contribution in [0, 0.1) is 0 Å².